The maximum absolute atomic E-state index is 5.36. The Kier molecular flexibility index (Phi) is 2.77. The first-order valence-electron chi connectivity index (χ1n) is 6.60. The van der Waals surface area contributed by atoms with E-state index in [9.17, 15) is 0 Å². The Morgan fingerprint density at radius 2 is 1.86 bits per heavy atom. The molecule has 0 N–H and O–H groups in total. The number of hydrogen-bond acceptors (Lipinski definition) is 5. The highest BCUT2D eigenvalue weighted by molar-refractivity contribution is 5.60. The highest BCUT2D eigenvalue weighted by atomic mass is 16.7. The first kappa shape index (κ1) is 11.9. The van der Waals surface area contributed by atoms with Crippen LogP contribution in [0.5, 0.6) is 11.5 Å². The minimum atomic E-state index is 0.257. The summed E-state index contributed by atoms with van der Waals surface area (Å²) in [6, 6.07) is 15.7. The summed E-state index contributed by atoms with van der Waals surface area (Å²) < 4.78 is 10.6. The average Bonchev–Trinajstić information content (AvgIpc) is 3.16. The molecule has 0 radical (unpaired) electrons. The Bertz CT molecular complexity index is 770. The van der Waals surface area contributed by atoms with Gasteiger partial charge >= 0.3 is 0 Å². The molecule has 2 heterocycles. The summed E-state index contributed by atoms with van der Waals surface area (Å²) in [7, 11) is 0. The summed E-state index contributed by atoms with van der Waals surface area (Å²) >= 11 is 0. The molecule has 21 heavy (non-hydrogen) atoms. The van der Waals surface area contributed by atoms with E-state index in [2.05, 4.69) is 15.4 Å². The highest BCUT2D eigenvalue weighted by Gasteiger charge is 2.15. The molecular weight excluding hydrogens is 268 g/mol. The van der Waals surface area contributed by atoms with Crippen molar-refractivity contribution in [3.63, 3.8) is 0 Å². The van der Waals surface area contributed by atoms with Crippen molar-refractivity contribution in [2.75, 3.05) is 6.79 Å². The zero-order valence-corrected chi connectivity index (χ0v) is 11.1. The molecule has 1 aromatic heterocycles. The fourth-order valence-electron chi connectivity index (χ4n) is 2.21. The normalized spacial score (nSPS) is 12.6. The van der Waals surface area contributed by atoms with Gasteiger partial charge in [0.25, 0.3) is 0 Å². The molecule has 0 fully saturated rings. The fourth-order valence-corrected chi connectivity index (χ4v) is 2.21. The summed E-state index contributed by atoms with van der Waals surface area (Å²) in [5.41, 5.74) is 1.99. The van der Waals surface area contributed by atoms with Crippen LogP contribution in [-0.4, -0.2) is 27.0 Å². The van der Waals surface area contributed by atoms with Crippen molar-refractivity contribution in [1.29, 1.82) is 0 Å². The maximum Gasteiger partial charge on any atom is 0.231 e. The van der Waals surface area contributed by atoms with Crippen LogP contribution in [0.2, 0.25) is 0 Å². The molecule has 1 aliphatic heterocycles. The third kappa shape index (κ3) is 2.31. The SMILES string of the molecule is c1ccc(Cn2nnc(-c3ccc4c(c3)OCO4)n2)cc1. The van der Waals surface area contributed by atoms with E-state index in [0.717, 1.165) is 16.9 Å². The molecule has 6 nitrogen and oxygen atoms in total. The fraction of sp³-hybridized carbons (Fsp3) is 0.133. The number of fused-ring (bicyclic) bond motifs is 1. The Morgan fingerprint density at radius 1 is 1.00 bits per heavy atom. The van der Waals surface area contributed by atoms with Crippen LogP contribution in [0.4, 0.5) is 0 Å². The molecule has 0 saturated heterocycles. The standard InChI is InChI=1S/C15H12N4O2/c1-2-4-11(5-3-1)9-19-17-15(16-18-19)12-6-7-13-14(8-12)21-10-20-13/h1-8H,9-10H2. The smallest absolute Gasteiger partial charge is 0.231 e. The monoisotopic (exact) mass is 280 g/mol. The summed E-state index contributed by atoms with van der Waals surface area (Å²) in [5, 5.41) is 12.6. The van der Waals surface area contributed by atoms with E-state index >= 15 is 0 Å². The number of tetrazole rings is 1. The number of benzene rings is 2. The van der Waals surface area contributed by atoms with Gasteiger partial charge in [-0.3, -0.25) is 0 Å². The van der Waals surface area contributed by atoms with E-state index < -0.39 is 0 Å². The van der Waals surface area contributed by atoms with Crippen molar-refractivity contribution in [3.05, 3.63) is 54.1 Å². The summed E-state index contributed by atoms with van der Waals surface area (Å²) in [6.07, 6.45) is 0. The molecule has 0 bridgehead atoms. The van der Waals surface area contributed by atoms with Gasteiger partial charge in [-0.2, -0.15) is 4.80 Å². The van der Waals surface area contributed by atoms with Crippen molar-refractivity contribution in [2.24, 2.45) is 0 Å². The Morgan fingerprint density at radius 3 is 2.76 bits per heavy atom. The molecule has 4 rings (SSSR count). The zero-order valence-electron chi connectivity index (χ0n) is 11.1. The number of rotatable bonds is 3. The van der Waals surface area contributed by atoms with Gasteiger partial charge in [-0.1, -0.05) is 30.3 Å². The van der Waals surface area contributed by atoms with Crippen LogP contribution < -0.4 is 9.47 Å². The predicted octanol–water partition coefficient (Wildman–Crippen LogP) is 2.12. The van der Waals surface area contributed by atoms with Crippen molar-refractivity contribution in [2.45, 2.75) is 6.54 Å². The second-order valence-electron chi connectivity index (χ2n) is 4.70. The van der Waals surface area contributed by atoms with Crippen molar-refractivity contribution in [1.82, 2.24) is 20.2 Å². The lowest BCUT2D eigenvalue weighted by Gasteiger charge is -1.99. The van der Waals surface area contributed by atoms with Gasteiger partial charge in [0.2, 0.25) is 12.6 Å². The van der Waals surface area contributed by atoms with Gasteiger partial charge in [-0.25, -0.2) is 0 Å². The maximum atomic E-state index is 5.36. The first-order chi connectivity index (χ1) is 10.4. The lowest BCUT2D eigenvalue weighted by Crippen LogP contribution is -2.03. The first-order valence-corrected chi connectivity index (χ1v) is 6.60. The Balaban J connectivity index is 1.59. The molecule has 0 saturated carbocycles. The van der Waals surface area contributed by atoms with Gasteiger partial charge in [0, 0.05) is 5.56 Å². The van der Waals surface area contributed by atoms with Crippen LogP contribution in [0.25, 0.3) is 11.4 Å². The van der Waals surface area contributed by atoms with Crippen molar-refractivity contribution < 1.29 is 9.47 Å². The van der Waals surface area contributed by atoms with Gasteiger partial charge < -0.3 is 9.47 Å². The van der Waals surface area contributed by atoms with Crippen molar-refractivity contribution in [3.8, 4) is 22.9 Å². The second-order valence-corrected chi connectivity index (χ2v) is 4.70. The number of ether oxygens (including phenoxy) is 2. The molecule has 0 amide bonds. The van der Waals surface area contributed by atoms with E-state index in [-0.39, 0.29) is 6.79 Å². The van der Waals surface area contributed by atoms with Crippen LogP contribution in [-0.2, 0) is 6.54 Å². The van der Waals surface area contributed by atoms with Gasteiger partial charge in [-0.15, -0.1) is 10.2 Å². The lowest BCUT2D eigenvalue weighted by molar-refractivity contribution is 0.174. The third-order valence-electron chi connectivity index (χ3n) is 3.25. The molecule has 0 unspecified atom stereocenters. The zero-order chi connectivity index (χ0) is 14.1. The van der Waals surface area contributed by atoms with Crippen LogP contribution in [0, 0.1) is 0 Å². The van der Waals surface area contributed by atoms with Gasteiger partial charge in [-0.05, 0) is 29.0 Å². The molecule has 2 aromatic carbocycles. The molecule has 0 aliphatic carbocycles. The summed E-state index contributed by atoms with van der Waals surface area (Å²) in [4.78, 5) is 1.58. The highest BCUT2D eigenvalue weighted by Crippen LogP contribution is 2.34. The molecule has 104 valence electrons. The van der Waals surface area contributed by atoms with E-state index in [1.165, 1.54) is 0 Å². The number of nitrogens with zero attached hydrogens (tertiary/aromatic N) is 4. The van der Waals surface area contributed by atoms with Gasteiger partial charge in [0.05, 0.1) is 6.54 Å². The molecular formula is C15H12N4O2. The van der Waals surface area contributed by atoms with E-state index in [0.29, 0.717) is 18.1 Å². The number of hydrogen-bond donors (Lipinski definition) is 0. The summed E-state index contributed by atoms with van der Waals surface area (Å²) in [6.45, 7) is 0.852. The largest absolute Gasteiger partial charge is 0.454 e. The lowest BCUT2D eigenvalue weighted by atomic mass is 10.2. The minimum absolute atomic E-state index is 0.257. The Labute approximate surface area is 120 Å². The topological polar surface area (TPSA) is 62.1 Å². The Hall–Kier alpha value is -2.89. The average molecular weight is 280 g/mol. The van der Waals surface area contributed by atoms with Crippen LogP contribution in [0.3, 0.4) is 0 Å². The van der Waals surface area contributed by atoms with Gasteiger partial charge in [0.15, 0.2) is 11.5 Å². The van der Waals surface area contributed by atoms with Crippen molar-refractivity contribution >= 4 is 0 Å². The van der Waals surface area contributed by atoms with E-state index in [1.807, 2.05) is 48.5 Å². The number of aromatic nitrogens is 4. The third-order valence-corrected chi connectivity index (χ3v) is 3.25. The molecule has 1 aliphatic rings. The quantitative estimate of drug-likeness (QED) is 0.735. The minimum Gasteiger partial charge on any atom is -0.454 e. The van der Waals surface area contributed by atoms with Crippen LogP contribution >= 0.6 is 0 Å². The van der Waals surface area contributed by atoms with E-state index in [4.69, 9.17) is 9.47 Å². The van der Waals surface area contributed by atoms with Crippen LogP contribution in [0.1, 0.15) is 5.56 Å². The molecule has 0 spiro atoms. The second kappa shape index (κ2) is 4.90. The molecule has 6 heteroatoms. The van der Waals surface area contributed by atoms with Crippen LogP contribution in [0.15, 0.2) is 48.5 Å². The predicted molar refractivity (Wildman–Crippen MR) is 74.9 cm³/mol. The molecule has 3 aromatic rings. The molecule has 0 atom stereocenters. The van der Waals surface area contributed by atoms with E-state index in [1.54, 1.807) is 4.80 Å². The van der Waals surface area contributed by atoms with Gasteiger partial charge in [0.1, 0.15) is 0 Å². The summed E-state index contributed by atoms with van der Waals surface area (Å²) in [5.74, 6) is 2.03.